The summed E-state index contributed by atoms with van der Waals surface area (Å²) in [7, 11) is 0. The molecule has 0 bridgehead atoms. The maximum Gasteiger partial charge on any atom is 0.257 e. The Morgan fingerprint density at radius 2 is 2.00 bits per heavy atom. The van der Waals surface area contributed by atoms with Gasteiger partial charge in [0, 0.05) is 24.5 Å². The molecule has 144 valence electrons. The maximum atomic E-state index is 12.2. The van der Waals surface area contributed by atoms with E-state index in [0.29, 0.717) is 34.5 Å². The van der Waals surface area contributed by atoms with Gasteiger partial charge in [-0.1, -0.05) is 17.7 Å². The number of imidazole rings is 1. The number of pyridine rings is 1. The average molecular weight is 399 g/mol. The molecule has 3 rings (SSSR count). The van der Waals surface area contributed by atoms with Crippen molar-refractivity contribution in [3.8, 4) is 5.75 Å². The Labute approximate surface area is 167 Å². The highest BCUT2D eigenvalue weighted by Crippen LogP contribution is 2.19. The number of rotatable bonds is 7. The Morgan fingerprint density at radius 1 is 1.21 bits per heavy atom. The molecular formula is C20H19ClN4O3. The molecule has 0 aliphatic heterocycles. The minimum absolute atomic E-state index is 0.0532. The first-order valence-electron chi connectivity index (χ1n) is 8.68. The van der Waals surface area contributed by atoms with E-state index < -0.39 is 0 Å². The smallest absolute Gasteiger partial charge is 0.257 e. The van der Waals surface area contributed by atoms with Crippen molar-refractivity contribution in [2.24, 2.45) is 0 Å². The highest BCUT2D eigenvalue weighted by molar-refractivity contribution is 6.31. The largest absolute Gasteiger partial charge is 0.484 e. The first-order valence-corrected chi connectivity index (χ1v) is 9.06. The number of hydrogen-bond donors (Lipinski definition) is 2. The van der Waals surface area contributed by atoms with Gasteiger partial charge in [-0.2, -0.15) is 0 Å². The highest BCUT2D eigenvalue weighted by atomic mass is 35.5. The predicted molar refractivity (Wildman–Crippen MR) is 108 cm³/mol. The lowest BCUT2D eigenvalue weighted by Gasteiger charge is -2.07. The molecule has 0 atom stereocenters. The molecular weight excluding hydrogens is 380 g/mol. The van der Waals surface area contributed by atoms with Gasteiger partial charge in [0.2, 0.25) is 5.91 Å². The first kappa shape index (κ1) is 19.4. The van der Waals surface area contributed by atoms with E-state index in [1.807, 2.05) is 31.3 Å². The summed E-state index contributed by atoms with van der Waals surface area (Å²) in [5, 5.41) is 5.72. The fourth-order valence-corrected chi connectivity index (χ4v) is 2.75. The molecule has 2 N–H and O–H groups in total. The first-order chi connectivity index (χ1) is 13.6. The molecule has 0 unspecified atom stereocenters. The number of nitrogens with one attached hydrogen (secondary N) is 2. The number of halogens is 1. The van der Waals surface area contributed by atoms with Crippen molar-refractivity contribution < 1.29 is 14.3 Å². The van der Waals surface area contributed by atoms with E-state index in [4.69, 9.17) is 16.3 Å². The minimum Gasteiger partial charge on any atom is -0.484 e. The summed E-state index contributed by atoms with van der Waals surface area (Å²) in [6.45, 7) is 2.34. The van der Waals surface area contributed by atoms with E-state index in [9.17, 15) is 9.59 Å². The van der Waals surface area contributed by atoms with Crippen LogP contribution in [0.3, 0.4) is 0 Å². The zero-order valence-electron chi connectivity index (χ0n) is 15.2. The monoisotopic (exact) mass is 398 g/mol. The van der Waals surface area contributed by atoms with Crippen molar-refractivity contribution in [1.82, 2.24) is 14.7 Å². The predicted octanol–water partition coefficient (Wildman–Crippen LogP) is 3.15. The molecule has 28 heavy (non-hydrogen) atoms. The number of carbonyl (C=O) groups is 2. The van der Waals surface area contributed by atoms with E-state index in [1.165, 1.54) is 6.08 Å². The topological polar surface area (TPSA) is 84.7 Å². The number of aromatic nitrogens is 2. The molecule has 0 saturated carbocycles. The van der Waals surface area contributed by atoms with Crippen molar-refractivity contribution in [3.63, 3.8) is 0 Å². The van der Waals surface area contributed by atoms with Crippen LogP contribution >= 0.6 is 11.6 Å². The van der Waals surface area contributed by atoms with Crippen LogP contribution in [0.2, 0.25) is 5.15 Å². The zero-order chi connectivity index (χ0) is 19.9. The SMILES string of the molecule is CCNC(=O)COc1ccc(NC(=O)/C=C/c2c(Cl)nc3ccccn23)cc1. The molecule has 0 aliphatic carbocycles. The lowest BCUT2D eigenvalue weighted by Crippen LogP contribution is -2.28. The maximum absolute atomic E-state index is 12.2. The molecule has 1 aromatic carbocycles. The van der Waals surface area contributed by atoms with E-state index in [-0.39, 0.29) is 18.4 Å². The Morgan fingerprint density at radius 3 is 2.75 bits per heavy atom. The molecule has 3 aromatic rings. The van der Waals surface area contributed by atoms with Crippen LogP contribution in [0.1, 0.15) is 12.6 Å². The number of likely N-dealkylation sites (N-methyl/N-ethyl adjacent to an activating group) is 1. The fourth-order valence-electron chi connectivity index (χ4n) is 2.51. The van der Waals surface area contributed by atoms with Gasteiger partial charge in [-0.25, -0.2) is 4.98 Å². The summed E-state index contributed by atoms with van der Waals surface area (Å²) in [4.78, 5) is 27.8. The van der Waals surface area contributed by atoms with Crippen LogP contribution in [0.25, 0.3) is 11.7 Å². The summed E-state index contributed by atoms with van der Waals surface area (Å²) in [6, 6.07) is 12.3. The number of fused-ring (bicyclic) bond motifs is 1. The molecule has 0 radical (unpaired) electrons. The lowest BCUT2D eigenvalue weighted by atomic mass is 10.3. The minimum atomic E-state index is -0.307. The summed E-state index contributed by atoms with van der Waals surface area (Å²) in [5.41, 5.74) is 1.93. The summed E-state index contributed by atoms with van der Waals surface area (Å²) in [5.74, 6) is 0.0475. The van der Waals surface area contributed by atoms with Gasteiger partial charge in [0.05, 0.1) is 5.69 Å². The van der Waals surface area contributed by atoms with E-state index in [2.05, 4.69) is 15.6 Å². The van der Waals surface area contributed by atoms with Crippen molar-refractivity contribution in [1.29, 1.82) is 0 Å². The van der Waals surface area contributed by atoms with Crippen LogP contribution in [-0.2, 0) is 9.59 Å². The normalized spacial score (nSPS) is 10.9. The third-order valence-corrected chi connectivity index (χ3v) is 4.06. The van der Waals surface area contributed by atoms with Gasteiger partial charge in [-0.15, -0.1) is 0 Å². The molecule has 2 amide bonds. The van der Waals surface area contributed by atoms with Gasteiger partial charge in [0.15, 0.2) is 11.8 Å². The summed E-state index contributed by atoms with van der Waals surface area (Å²) in [6.07, 6.45) is 4.83. The lowest BCUT2D eigenvalue weighted by molar-refractivity contribution is -0.123. The average Bonchev–Trinajstić information content (AvgIpc) is 3.01. The van der Waals surface area contributed by atoms with E-state index in [0.717, 1.165) is 0 Å². The zero-order valence-corrected chi connectivity index (χ0v) is 15.9. The molecule has 0 fully saturated rings. The molecule has 0 saturated heterocycles. The van der Waals surface area contributed by atoms with Gasteiger partial charge < -0.3 is 15.4 Å². The molecule has 2 heterocycles. The Bertz CT molecular complexity index is 1010. The number of carbonyl (C=O) groups excluding carboxylic acids is 2. The third-order valence-electron chi connectivity index (χ3n) is 3.78. The van der Waals surface area contributed by atoms with Crippen LogP contribution in [-0.4, -0.2) is 34.4 Å². The van der Waals surface area contributed by atoms with Crippen LogP contribution in [0.15, 0.2) is 54.7 Å². The second-order valence-corrected chi connectivity index (χ2v) is 6.16. The van der Waals surface area contributed by atoms with Crippen molar-refractivity contribution >= 4 is 40.8 Å². The van der Waals surface area contributed by atoms with Gasteiger partial charge in [0.1, 0.15) is 11.4 Å². The van der Waals surface area contributed by atoms with Crippen molar-refractivity contribution in [3.05, 3.63) is 65.6 Å². The summed E-state index contributed by atoms with van der Waals surface area (Å²) >= 11 is 6.14. The fraction of sp³-hybridized carbons (Fsp3) is 0.150. The summed E-state index contributed by atoms with van der Waals surface area (Å²) < 4.78 is 7.17. The quantitative estimate of drug-likeness (QED) is 0.599. The van der Waals surface area contributed by atoms with Crippen LogP contribution in [0, 0.1) is 0 Å². The van der Waals surface area contributed by atoms with Crippen LogP contribution in [0.5, 0.6) is 5.75 Å². The molecule has 2 aromatic heterocycles. The Balaban J connectivity index is 1.59. The molecule has 8 heteroatoms. The third kappa shape index (κ3) is 4.89. The second-order valence-electron chi connectivity index (χ2n) is 5.81. The van der Waals surface area contributed by atoms with E-state index >= 15 is 0 Å². The number of hydrogen-bond acceptors (Lipinski definition) is 4. The van der Waals surface area contributed by atoms with Gasteiger partial charge in [0.25, 0.3) is 5.91 Å². The molecule has 7 nitrogen and oxygen atoms in total. The Hall–Kier alpha value is -3.32. The van der Waals surface area contributed by atoms with Gasteiger partial charge >= 0.3 is 0 Å². The Kier molecular flexibility index (Phi) is 6.29. The van der Waals surface area contributed by atoms with Gasteiger partial charge in [-0.3, -0.25) is 14.0 Å². The molecule has 0 spiro atoms. The van der Waals surface area contributed by atoms with Crippen molar-refractivity contribution in [2.45, 2.75) is 6.92 Å². The number of ether oxygens (including phenoxy) is 1. The highest BCUT2D eigenvalue weighted by Gasteiger charge is 2.07. The number of benzene rings is 1. The number of nitrogens with zero attached hydrogens (tertiary/aromatic N) is 2. The van der Waals surface area contributed by atoms with Gasteiger partial charge in [-0.05, 0) is 49.4 Å². The molecule has 0 aliphatic rings. The van der Waals surface area contributed by atoms with Crippen molar-refractivity contribution in [2.75, 3.05) is 18.5 Å². The number of anilines is 1. The number of amides is 2. The van der Waals surface area contributed by atoms with E-state index in [1.54, 1.807) is 34.7 Å². The van der Waals surface area contributed by atoms with Crippen LogP contribution < -0.4 is 15.4 Å². The standard InChI is InChI=1S/C20H19ClN4O3/c1-2-22-19(27)13-28-15-8-6-14(7-9-15)23-18(26)11-10-16-20(21)24-17-5-3-4-12-25(16)17/h3-12H,2,13H2,1H3,(H,22,27)(H,23,26)/b11-10+. The van der Waals surface area contributed by atoms with Crippen LogP contribution in [0.4, 0.5) is 5.69 Å². The second kappa shape index (κ2) is 9.05.